The van der Waals surface area contributed by atoms with Crippen LogP contribution in [0.15, 0.2) is 0 Å². The van der Waals surface area contributed by atoms with Crippen molar-refractivity contribution < 1.29 is 23.1 Å². The van der Waals surface area contributed by atoms with Crippen LogP contribution in [0.4, 0.5) is 0 Å². The topological polar surface area (TPSA) is 54.0 Å². The summed E-state index contributed by atoms with van der Waals surface area (Å²) in [5.41, 5.74) is -0.188. The quantitative estimate of drug-likeness (QED) is 0.325. The molecule has 6 heteroatoms. The van der Waals surface area contributed by atoms with Crippen LogP contribution in [0, 0.1) is 0 Å². The smallest absolute Gasteiger partial charge is 0.365 e. The number of ether oxygens (including phenoxy) is 2. The molecule has 0 fully saturated rings. The van der Waals surface area contributed by atoms with Crippen LogP contribution in [-0.2, 0) is 23.1 Å². The zero-order valence-electron chi connectivity index (χ0n) is 15.5. The zero-order valence-corrected chi connectivity index (χ0v) is 16.5. The molecule has 2 atom stereocenters. The van der Waals surface area contributed by atoms with Crippen LogP contribution in [-0.4, -0.2) is 38.8 Å². The summed E-state index contributed by atoms with van der Waals surface area (Å²) in [7, 11) is -2.56. The van der Waals surface area contributed by atoms with Crippen LogP contribution in [0.2, 0.25) is 6.55 Å². The van der Waals surface area contributed by atoms with Crippen LogP contribution >= 0.6 is 0 Å². The predicted molar refractivity (Wildman–Crippen MR) is 89.7 cm³/mol. The molecule has 5 nitrogen and oxygen atoms in total. The number of hydrogen-bond donors (Lipinski definition) is 0. The molecule has 0 saturated heterocycles. The second-order valence-corrected chi connectivity index (χ2v) is 9.21. The molecule has 22 heavy (non-hydrogen) atoms. The molecular weight excluding hydrogens is 300 g/mol. The first kappa shape index (κ1) is 21.6. The average molecular weight is 335 g/mol. The van der Waals surface area contributed by atoms with E-state index in [0.29, 0.717) is 12.8 Å². The second kappa shape index (κ2) is 10.4. The summed E-state index contributed by atoms with van der Waals surface area (Å²) in [5, 5.41) is 0. The number of rotatable bonds is 11. The van der Waals surface area contributed by atoms with Gasteiger partial charge in [0.05, 0.1) is 0 Å². The molecule has 0 rings (SSSR count). The van der Waals surface area contributed by atoms with Crippen molar-refractivity contribution in [3.63, 3.8) is 0 Å². The minimum absolute atomic E-state index is 0.0614. The molecule has 0 N–H and O–H groups in total. The maximum absolute atomic E-state index is 11.5. The van der Waals surface area contributed by atoms with Gasteiger partial charge in [-0.2, -0.15) is 0 Å². The third-order valence-electron chi connectivity index (χ3n) is 3.10. The van der Waals surface area contributed by atoms with E-state index in [0.717, 1.165) is 6.42 Å². The highest BCUT2D eigenvalue weighted by Gasteiger charge is 2.44. The SMILES string of the molecule is CCC(=O)OC(CC)OC(CC)[Si](C)(OC(C)C)OC(C)C. The summed E-state index contributed by atoms with van der Waals surface area (Å²) >= 11 is 0. The van der Waals surface area contributed by atoms with Gasteiger partial charge in [0, 0.05) is 25.0 Å². The van der Waals surface area contributed by atoms with Gasteiger partial charge in [0.15, 0.2) is 0 Å². The first-order chi connectivity index (χ1) is 10.2. The van der Waals surface area contributed by atoms with Gasteiger partial charge in [0.2, 0.25) is 6.29 Å². The lowest BCUT2D eigenvalue weighted by molar-refractivity contribution is -0.187. The monoisotopic (exact) mass is 334 g/mol. The van der Waals surface area contributed by atoms with E-state index in [-0.39, 0.29) is 23.9 Å². The molecule has 0 aliphatic heterocycles. The summed E-state index contributed by atoms with van der Waals surface area (Å²) in [6.45, 7) is 15.8. The standard InChI is InChI=1S/C16H34O5Si/c1-9-14(17)18-15(10-2)19-16(11-3)22(8,20-12(4)5)21-13(6)7/h12-13,15-16H,9-11H2,1-8H3. The summed E-state index contributed by atoms with van der Waals surface area (Å²) in [4.78, 5) is 11.5. The maximum Gasteiger partial charge on any atom is 0.365 e. The predicted octanol–water partition coefficient (Wildman–Crippen LogP) is 3.93. The third kappa shape index (κ3) is 7.72. The fourth-order valence-electron chi connectivity index (χ4n) is 2.33. The van der Waals surface area contributed by atoms with Crippen molar-refractivity contribution >= 4 is 14.5 Å². The van der Waals surface area contributed by atoms with Gasteiger partial charge in [0.25, 0.3) is 0 Å². The zero-order chi connectivity index (χ0) is 17.3. The van der Waals surface area contributed by atoms with Gasteiger partial charge in [-0.05, 0) is 40.7 Å². The highest BCUT2D eigenvalue weighted by atomic mass is 28.4. The number of hydrogen-bond acceptors (Lipinski definition) is 5. The Hall–Kier alpha value is -0.433. The Morgan fingerprint density at radius 3 is 1.77 bits per heavy atom. The van der Waals surface area contributed by atoms with E-state index in [1.165, 1.54) is 0 Å². The molecule has 0 aromatic carbocycles. The van der Waals surface area contributed by atoms with E-state index in [9.17, 15) is 4.79 Å². The van der Waals surface area contributed by atoms with Gasteiger partial charge in [-0.3, -0.25) is 4.79 Å². The van der Waals surface area contributed by atoms with Crippen molar-refractivity contribution in [3.05, 3.63) is 0 Å². The van der Waals surface area contributed by atoms with Crippen molar-refractivity contribution in [2.45, 2.75) is 98.5 Å². The Kier molecular flexibility index (Phi) is 10.2. The lowest BCUT2D eigenvalue weighted by Crippen LogP contribution is -2.55. The first-order valence-electron chi connectivity index (χ1n) is 8.38. The molecule has 132 valence electrons. The van der Waals surface area contributed by atoms with Gasteiger partial charge in [0.1, 0.15) is 5.73 Å². The third-order valence-corrected chi connectivity index (χ3v) is 6.69. The van der Waals surface area contributed by atoms with E-state index in [2.05, 4.69) is 0 Å². The lowest BCUT2D eigenvalue weighted by atomic mass is 10.4. The number of carbonyl (C=O) groups excluding carboxylic acids is 1. The highest BCUT2D eigenvalue weighted by molar-refractivity contribution is 6.67. The van der Waals surface area contributed by atoms with Crippen molar-refractivity contribution in [1.29, 1.82) is 0 Å². The van der Waals surface area contributed by atoms with Crippen LogP contribution in [0.25, 0.3) is 0 Å². The van der Waals surface area contributed by atoms with Crippen molar-refractivity contribution in [2.24, 2.45) is 0 Å². The van der Waals surface area contributed by atoms with E-state index in [1.54, 1.807) is 6.92 Å². The Labute approximate surface area is 136 Å². The highest BCUT2D eigenvalue weighted by Crippen LogP contribution is 2.24. The second-order valence-electron chi connectivity index (χ2n) is 6.06. The minimum atomic E-state index is -2.56. The summed E-state index contributed by atoms with van der Waals surface area (Å²) in [6.07, 6.45) is 1.28. The Balaban J connectivity index is 5.07. The van der Waals surface area contributed by atoms with Crippen molar-refractivity contribution in [2.75, 3.05) is 0 Å². The minimum Gasteiger partial charge on any atom is -0.436 e. The van der Waals surface area contributed by atoms with Gasteiger partial charge in [-0.1, -0.05) is 20.8 Å². The van der Waals surface area contributed by atoms with E-state index < -0.39 is 14.9 Å². The largest absolute Gasteiger partial charge is 0.436 e. The van der Waals surface area contributed by atoms with Crippen LogP contribution in [0.3, 0.4) is 0 Å². The maximum atomic E-state index is 11.5. The fraction of sp³-hybridized carbons (Fsp3) is 0.938. The molecular formula is C16H34O5Si. The molecule has 0 radical (unpaired) electrons. The Bertz CT molecular complexity index is 310. The molecule has 0 aromatic heterocycles. The van der Waals surface area contributed by atoms with Crippen LogP contribution in [0.5, 0.6) is 0 Å². The molecule has 0 aliphatic rings. The van der Waals surface area contributed by atoms with E-state index >= 15 is 0 Å². The molecule has 0 heterocycles. The average Bonchev–Trinajstić information content (AvgIpc) is 2.40. The van der Waals surface area contributed by atoms with Crippen molar-refractivity contribution in [3.8, 4) is 0 Å². The molecule has 0 bridgehead atoms. The van der Waals surface area contributed by atoms with Crippen LogP contribution < -0.4 is 0 Å². The van der Waals surface area contributed by atoms with Gasteiger partial charge >= 0.3 is 14.5 Å². The Morgan fingerprint density at radius 1 is 0.955 bits per heavy atom. The molecule has 0 amide bonds. The summed E-state index contributed by atoms with van der Waals surface area (Å²) in [5.74, 6) is -0.250. The Morgan fingerprint density at radius 2 is 1.45 bits per heavy atom. The van der Waals surface area contributed by atoms with E-state index in [1.807, 2.05) is 48.1 Å². The van der Waals surface area contributed by atoms with E-state index in [4.69, 9.17) is 18.3 Å². The van der Waals surface area contributed by atoms with Crippen LogP contribution in [0.1, 0.15) is 67.7 Å². The summed E-state index contributed by atoms with van der Waals surface area (Å²) < 4.78 is 23.7. The molecule has 0 aromatic rings. The number of esters is 1. The molecule has 2 unspecified atom stereocenters. The molecule has 0 saturated carbocycles. The fourth-order valence-corrected chi connectivity index (χ4v) is 5.70. The summed E-state index contributed by atoms with van der Waals surface area (Å²) in [6, 6.07) is 0. The first-order valence-corrected chi connectivity index (χ1v) is 10.8. The van der Waals surface area contributed by atoms with Crippen molar-refractivity contribution in [1.82, 2.24) is 0 Å². The molecule has 0 aliphatic carbocycles. The lowest BCUT2D eigenvalue weighted by Gasteiger charge is -2.38. The molecule has 0 spiro atoms. The van der Waals surface area contributed by atoms with Gasteiger partial charge in [-0.15, -0.1) is 0 Å². The van der Waals surface area contributed by atoms with Gasteiger partial charge < -0.3 is 18.3 Å². The van der Waals surface area contributed by atoms with Gasteiger partial charge in [-0.25, -0.2) is 0 Å². The number of carbonyl (C=O) groups is 1. The normalized spacial score (nSPS) is 15.2.